The molecule has 8 heteroatoms. The van der Waals surface area contributed by atoms with Crippen molar-refractivity contribution in [1.29, 1.82) is 0 Å². The van der Waals surface area contributed by atoms with E-state index in [0.29, 0.717) is 13.1 Å². The van der Waals surface area contributed by atoms with Crippen LogP contribution >= 0.6 is 0 Å². The van der Waals surface area contributed by atoms with Gasteiger partial charge in [-0.25, -0.2) is 9.59 Å². The van der Waals surface area contributed by atoms with Gasteiger partial charge in [-0.3, -0.25) is 4.79 Å². The van der Waals surface area contributed by atoms with Crippen molar-refractivity contribution >= 4 is 58.6 Å². The van der Waals surface area contributed by atoms with Crippen LogP contribution in [0.4, 0.5) is 5.69 Å². The Balaban J connectivity index is 1.48. The summed E-state index contributed by atoms with van der Waals surface area (Å²) in [4.78, 5) is 37.2. The average molecular weight is 589 g/mol. The molecule has 0 amide bonds. The van der Waals surface area contributed by atoms with Gasteiger partial charge in [-0.1, -0.05) is 31.7 Å². The van der Waals surface area contributed by atoms with Crippen LogP contribution in [0.25, 0.3) is 35.2 Å². The molecule has 0 spiro atoms. The molecule has 0 saturated carbocycles. The van der Waals surface area contributed by atoms with Crippen LogP contribution in [-0.2, 0) is 20.9 Å². The Kier molecular flexibility index (Phi) is 8.71. The summed E-state index contributed by atoms with van der Waals surface area (Å²) in [5, 5.41) is 32.1. The third-order valence-corrected chi connectivity index (χ3v) is 7.47. The Bertz CT molecular complexity index is 1870. The number of carboxylic acid groups (broad SMARTS) is 2. The molecule has 1 aliphatic heterocycles. The molecule has 2 N–H and O–H groups in total. The fraction of sp³-hybridized carbons (Fsp3) is 0.167. The molecule has 1 aromatic heterocycles. The third-order valence-electron chi connectivity index (χ3n) is 7.47. The summed E-state index contributed by atoms with van der Waals surface area (Å²) < 4.78 is 2.06. The van der Waals surface area contributed by atoms with Crippen molar-refractivity contribution in [3.05, 3.63) is 118 Å². The van der Waals surface area contributed by atoms with Gasteiger partial charge in [0.1, 0.15) is 6.54 Å². The number of rotatable bonds is 10. The smallest absolute Gasteiger partial charge is 0.328 e. The van der Waals surface area contributed by atoms with E-state index in [4.69, 9.17) is 10.2 Å². The minimum atomic E-state index is -1.02. The van der Waals surface area contributed by atoms with Crippen LogP contribution in [0.5, 0.6) is 0 Å². The summed E-state index contributed by atoms with van der Waals surface area (Å²) in [5.74, 6) is -2.63. The zero-order valence-electron chi connectivity index (χ0n) is 24.5. The zero-order chi connectivity index (χ0) is 31.4. The van der Waals surface area contributed by atoms with Crippen molar-refractivity contribution in [2.24, 2.45) is 0 Å². The van der Waals surface area contributed by atoms with Gasteiger partial charge >= 0.3 is 11.9 Å². The molecule has 1 aliphatic carbocycles. The number of nitrogens with zero attached hydrogens (tertiary/aromatic N) is 2. The Morgan fingerprint density at radius 3 is 2.25 bits per heavy atom. The van der Waals surface area contributed by atoms with Crippen LogP contribution in [0, 0.1) is 0 Å². The first kappa shape index (κ1) is 30.0. The number of aryl methyl sites for hydroxylation is 1. The third kappa shape index (κ3) is 6.15. The number of allylic oxidation sites excluding steroid dienone is 4. The Labute approximate surface area is 255 Å². The lowest BCUT2D eigenvalue weighted by Crippen LogP contribution is -2.38. The Morgan fingerprint density at radius 2 is 1.59 bits per heavy atom. The van der Waals surface area contributed by atoms with E-state index in [-0.39, 0.29) is 22.7 Å². The number of carbonyl (C=O) groups excluding carboxylic acids is 1. The summed E-state index contributed by atoms with van der Waals surface area (Å²) in [6, 6.07) is 15.1. The molecule has 0 radical (unpaired) electrons. The van der Waals surface area contributed by atoms with Gasteiger partial charge in [-0.05, 0) is 77.7 Å². The lowest BCUT2D eigenvalue weighted by atomic mass is 9.86. The normalized spacial score (nSPS) is 16.5. The molecule has 0 fully saturated rings. The van der Waals surface area contributed by atoms with Gasteiger partial charge in [0.15, 0.2) is 5.78 Å². The molecule has 2 aliphatic rings. The highest BCUT2D eigenvalue weighted by molar-refractivity contribution is 6.23. The summed E-state index contributed by atoms with van der Waals surface area (Å²) in [5.41, 5.74) is 6.03. The molecule has 8 nitrogen and oxygen atoms in total. The Morgan fingerprint density at radius 1 is 0.886 bits per heavy atom. The Hall–Kier alpha value is -5.50. The van der Waals surface area contributed by atoms with Gasteiger partial charge in [0.2, 0.25) is 11.2 Å². The minimum absolute atomic E-state index is 0.138. The molecule has 0 unspecified atom stereocenters. The topological polar surface area (TPSA) is 122 Å². The van der Waals surface area contributed by atoms with Crippen molar-refractivity contribution in [2.45, 2.75) is 33.2 Å². The quantitative estimate of drug-likeness (QED) is 0.248. The van der Waals surface area contributed by atoms with Crippen LogP contribution in [0.2, 0.25) is 0 Å². The molecule has 0 saturated heterocycles. The molecule has 5 rings (SSSR count). The zero-order valence-corrected chi connectivity index (χ0v) is 24.5. The van der Waals surface area contributed by atoms with E-state index in [1.54, 1.807) is 12.2 Å². The van der Waals surface area contributed by atoms with E-state index >= 15 is 0 Å². The largest absolute Gasteiger partial charge is 0.871 e. The average Bonchev–Trinajstić information content (AvgIpc) is 3.01. The lowest BCUT2D eigenvalue weighted by molar-refractivity contribution is -0.673. The minimum Gasteiger partial charge on any atom is -0.871 e. The second kappa shape index (κ2) is 12.8. The summed E-state index contributed by atoms with van der Waals surface area (Å²) >= 11 is 0. The molecule has 0 atom stereocenters. The standard InChI is InChI=1S/C36H32N2O6/c1-3-17-37-27(11-9-25-19-23(5-13-31(25)37)7-15-33(39)40)21-29-35(43)30(36(29)44)22-28-12-10-26-20-24(8-16-34(41)42)6-14-32(26)38(28)18-4-2/h5-16,19-22H,3-4,17-18H2,1-2H3,(H2-,39,40,41,42,43,44)/b15-7+,16-8+. The van der Waals surface area contributed by atoms with Crippen LogP contribution in [0.1, 0.15) is 49.1 Å². The first-order valence-electron chi connectivity index (χ1n) is 14.5. The van der Waals surface area contributed by atoms with Gasteiger partial charge < -0.3 is 20.2 Å². The van der Waals surface area contributed by atoms with Gasteiger partial charge in [-0.15, -0.1) is 0 Å². The number of pyridine rings is 1. The maximum absolute atomic E-state index is 13.3. The molecule has 0 bridgehead atoms. The van der Waals surface area contributed by atoms with Crippen LogP contribution < -0.4 is 14.6 Å². The van der Waals surface area contributed by atoms with Gasteiger partial charge in [-0.2, -0.15) is 4.57 Å². The van der Waals surface area contributed by atoms with Crippen LogP contribution in [0.15, 0.2) is 95.4 Å². The SMILES string of the molecule is CCCN1C(=CC2=C([O-])C(=Cc3ccc4cc(/C=C/C(=O)O)ccc4[n+]3CCC)C2=O)C=Cc2cc(/C=C/C(=O)O)ccc21. The maximum atomic E-state index is 13.3. The highest BCUT2D eigenvalue weighted by Crippen LogP contribution is 2.36. The fourth-order valence-corrected chi connectivity index (χ4v) is 5.45. The number of hydrogen-bond acceptors (Lipinski definition) is 5. The number of benzene rings is 2. The fourth-order valence-electron chi connectivity index (χ4n) is 5.45. The van der Waals surface area contributed by atoms with E-state index in [1.807, 2.05) is 60.7 Å². The predicted molar refractivity (Wildman–Crippen MR) is 169 cm³/mol. The molecule has 44 heavy (non-hydrogen) atoms. The van der Waals surface area contributed by atoms with E-state index in [2.05, 4.69) is 23.3 Å². The highest BCUT2D eigenvalue weighted by atomic mass is 16.4. The number of fused-ring (bicyclic) bond motifs is 2. The molecular formula is C36H32N2O6. The van der Waals surface area contributed by atoms with Gasteiger partial charge in [0.05, 0.1) is 0 Å². The molecular weight excluding hydrogens is 556 g/mol. The monoisotopic (exact) mass is 588 g/mol. The number of hydrogen-bond donors (Lipinski definition) is 2. The van der Waals surface area contributed by atoms with Crippen molar-refractivity contribution < 1.29 is 34.3 Å². The molecule has 222 valence electrons. The predicted octanol–water partition coefficient (Wildman–Crippen LogP) is 5.14. The number of carboxylic acids is 2. The number of ketones is 1. The molecule has 2 aromatic carbocycles. The molecule has 3 aromatic rings. The number of aliphatic carboxylic acids is 2. The van der Waals surface area contributed by atoms with Crippen molar-refractivity contribution in [1.82, 2.24) is 0 Å². The first-order chi connectivity index (χ1) is 21.2. The molecule has 2 heterocycles. The van der Waals surface area contributed by atoms with Crippen molar-refractivity contribution in [3.8, 4) is 0 Å². The lowest BCUT2D eigenvalue weighted by Gasteiger charge is -2.33. The van der Waals surface area contributed by atoms with Crippen LogP contribution in [-0.4, -0.2) is 34.5 Å². The number of Topliss-reactive ketones (excluding diaryl/α,β-unsaturated/α-hetero) is 1. The van der Waals surface area contributed by atoms with E-state index in [9.17, 15) is 19.5 Å². The first-order valence-corrected chi connectivity index (χ1v) is 14.5. The van der Waals surface area contributed by atoms with Crippen molar-refractivity contribution in [2.75, 3.05) is 11.4 Å². The van der Waals surface area contributed by atoms with Gasteiger partial charge in [0.25, 0.3) is 0 Å². The number of aromatic nitrogens is 1. The summed E-state index contributed by atoms with van der Waals surface area (Å²) in [6.07, 6.45) is 14.0. The second-order valence-electron chi connectivity index (χ2n) is 10.6. The number of carbonyl (C=O) groups is 3. The highest BCUT2D eigenvalue weighted by Gasteiger charge is 2.29. The summed E-state index contributed by atoms with van der Waals surface area (Å²) in [7, 11) is 0. The number of anilines is 1. The van der Waals surface area contributed by atoms with E-state index < -0.39 is 11.9 Å². The van der Waals surface area contributed by atoms with Crippen LogP contribution in [0.3, 0.4) is 0 Å². The van der Waals surface area contributed by atoms with E-state index in [0.717, 1.165) is 69.7 Å². The maximum Gasteiger partial charge on any atom is 0.328 e. The van der Waals surface area contributed by atoms with Crippen molar-refractivity contribution in [3.63, 3.8) is 0 Å². The summed E-state index contributed by atoms with van der Waals surface area (Å²) in [6.45, 7) is 5.45. The van der Waals surface area contributed by atoms with E-state index in [1.165, 1.54) is 12.2 Å². The van der Waals surface area contributed by atoms with Gasteiger partial charge in [0, 0.05) is 71.2 Å². The second-order valence-corrected chi connectivity index (χ2v) is 10.6.